The zero-order chi connectivity index (χ0) is 40.8. The molecule has 0 unspecified atom stereocenters. The molecule has 0 bridgehead atoms. The van der Waals surface area contributed by atoms with Crippen LogP contribution in [0.4, 0.5) is 17.1 Å². The van der Waals surface area contributed by atoms with E-state index in [1.165, 1.54) is 86.9 Å². The molecule has 0 saturated heterocycles. The molecule has 0 N–H and O–H groups in total. The van der Waals surface area contributed by atoms with E-state index in [1.54, 1.807) is 0 Å². The molecule has 1 aromatic heterocycles. The number of rotatable bonds is 5. The number of fused-ring (bicyclic) bond motifs is 11. The van der Waals surface area contributed by atoms with Crippen molar-refractivity contribution in [2.24, 2.45) is 0 Å². The van der Waals surface area contributed by atoms with Crippen LogP contribution in [0.2, 0.25) is 0 Å². The first-order chi connectivity index (χ1) is 30.8. The highest BCUT2D eigenvalue weighted by Crippen LogP contribution is 2.62. The average molecular weight is 807 g/mol. The van der Waals surface area contributed by atoms with Crippen LogP contribution in [0, 0.1) is 0 Å². The Bertz CT molecular complexity index is 3520. The van der Waals surface area contributed by atoms with Crippen molar-refractivity contribution in [3.8, 4) is 27.9 Å². The summed E-state index contributed by atoms with van der Waals surface area (Å²) in [7, 11) is 0. The lowest BCUT2D eigenvalue weighted by Crippen LogP contribution is -2.36. The highest BCUT2D eigenvalue weighted by Gasteiger charge is 2.48. The SMILES string of the molecule is c1ccc(-c2ccccc2N(c2ccc3c(c2)C2(c4ccccc4Sc4ccccc42)c2cccc4cccc-3c24)c2ccc3c(c2)c2ccccc2n3-c2ccccc2)cc1. The maximum atomic E-state index is 2.52. The van der Waals surface area contributed by atoms with E-state index in [-0.39, 0.29) is 0 Å². The van der Waals surface area contributed by atoms with Crippen molar-refractivity contribution in [3.63, 3.8) is 0 Å². The van der Waals surface area contributed by atoms with Crippen molar-refractivity contribution in [2.75, 3.05) is 4.90 Å². The monoisotopic (exact) mass is 806 g/mol. The standard InChI is InChI=1S/C59H38N2S/c1-3-17-39(18-4-1)44-23-7-11-29-53(44)60(42-34-36-55-48(37-42)46-24-8-12-30-54(46)61(55)41-21-5-2-6-22-41)43-33-35-45-47-25-15-19-40-20-16-28-51(58(40)47)59(52(45)38-43)49-26-9-13-31-56(49)62-57-32-14-10-27-50(57)59/h1-38H. The van der Waals surface area contributed by atoms with Crippen LogP contribution in [0.5, 0.6) is 0 Å². The Morgan fingerprint density at radius 1 is 0.387 bits per heavy atom. The first-order valence-electron chi connectivity index (χ1n) is 21.3. The highest BCUT2D eigenvalue weighted by molar-refractivity contribution is 7.99. The van der Waals surface area contributed by atoms with E-state index in [9.17, 15) is 0 Å². The van der Waals surface area contributed by atoms with Crippen molar-refractivity contribution in [1.82, 2.24) is 4.57 Å². The lowest BCUT2D eigenvalue weighted by Gasteiger charge is -2.46. The molecular weight excluding hydrogens is 769 g/mol. The van der Waals surface area contributed by atoms with E-state index < -0.39 is 5.41 Å². The van der Waals surface area contributed by atoms with Gasteiger partial charge in [-0.1, -0.05) is 176 Å². The first kappa shape index (κ1) is 35.2. The van der Waals surface area contributed by atoms with Crippen LogP contribution < -0.4 is 4.90 Å². The van der Waals surface area contributed by atoms with Gasteiger partial charge in [0.1, 0.15) is 0 Å². The predicted octanol–water partition coefficient (Wildman–Crippen LogP) is 15.9. The van der Waals surface area contributed by atoms with Gasteiger partial charge in [0.05, 0.1) is 22.1 Å². The van der Waals surface area contributed by atoms with E-state index in [1.807, 2.05) is 11.8 Å². The molecular formula is C59H38N2S. The van der Waals surface area contributed by atoms with Gasteiger partial charge < -0.3 is 9.47 Å². The number of anilines is 3. The summed E-state index contributed by atoms with van der Waals surface area (Å²) in [5, 5.41) is 5.04. The summed E-state index contributed by atoms with van der Waals surface area (Å²) in [4.78, 5) is 5.09. The maximum absolute atomic E-state index is 2.52. The summed E-state index contributed by atoms with van der Waals surface area (Å²) in [6, 6.07) is 85.5. The molecule has 1 aliphatic heterocycles. The van der Waals surface area contributed by atoms with Gasteiger partial charge in [0.25, 0.3) is 0 Å². The van der Waals surface area contributed by atoms with Gasteiger partial charge in [-0.3, -0.25) is 0 Å². The third-order valence-electron chi connectivity index (χ3n) is 13.2. The molecule has 2 aliphatic rings. The van der Waals surface area contributed by atoms with Crippen LogP contribution in [0.1, 0.15) is 22.3 Å². The van der Waals surface area contributed by atoms with Crippen LogP contribution in [-0.4, -0.2) is 4.57 Å². The zero-order valence-electron chi connectivity index (χ0n) is 33.7. The molecule has 10 aromatic carbocycles. The topological polar surface area (TPSA) is 8.17 Å². The summed E-state index contributed by atoms with van der Waals surface area (Å²) < 4.78 is 2.40. The third-order valence-corrected chi connectivity index (χ3v) is 14.4. The van der Waals surface area contributed by atoms with Gasteiger partial charge in [-0.15, -0.1) is 0 Å². The second kappa shape index (κ2) is 13.7. The van der Waals surface area contributed by atoms with Crippen LogP contribution >= 0.6 is 11.8 Å². The van der Waals surface area contributed by atoms with E-state index >= 15 is 0 Å². The quantitative estimate of drug-likeness (QED) is 0.171. The zero-order valence-corrected chi connectivity index (χ0v) is 34.6. The van der Waals surface area contributed by atoms with Crippen molar-refractivity contribution in [2.45, 2.75) is 15.2 Å². The van der Waals surface area contributed by atoms with Crippen LogP contribution in [0.3, 0.4) is 0 Å². The molecule has 11 aromatic rings. The van der Waals surface area contributed by atoms with Gasteiger partial charge in [-0.2, -0.15) is 0 Å². The molecule has 13 rings (SSSR count). The average Bonchev–Trinajstić information content (AvgIpc) is 3.67. The molecule has 1 spiro atoms. The van der Waals surface area contributed by atoms with Gasteiger partial charge in [0.2, 0.25) is 0 Å². The van der Waals surface area contributed by atoms with Crippen molar-refractivity contribution < 1.29 is 0 Å². The Labute approximate surface area is 365 Å². The summed E-state index contributed by atoms with van der Waals surface area (Å²) in [6.45, 7) is 0. The Morgan fingerprint density at radius 2 is 0.984 bits per heavy atom. The van der Waals surface area contributed by atoms with E-state index in [0.717, 1.165) is 22.7 Å². The van der Waals surface area contributed by atoms with Gasteiger partial charge in [-0.25, -0.2) is 0 Å². The van der Waals surface area contributed by atoms with Crippen LogP contribution in [-0.2, 0) is 5.41 Å². The molecule has 0 atom stereocenters. The molecule has 3 heteroatoms. The Morgan fingerprint density at radius 3 is 1.79 bits per heavy atom. The lowest BCUT2D eigenvalue weighted by molar-refractivity contribution is 0.707. The summed E-state index contributed by atoms with van der Waals surface area (Å²) in [5.41, 5.74) is 16.5. The number of para-hydroxylation sites is 3. The number of benzene rings is 10. The van der Waals surface area contributed by atoms with Crippen molar-refractivity contribution in [3.05, 3.63) is 253 Å². The maximum Gasteiger partial charge on any atom is 0.0736 e. The van der Waals surface area contributed by atoms with Crippen molar-refractivity contribution in [1.29, 1.82) is 0 Å². The number of aromatic nitrogens is 1. The molecule has 62 heavy (non-hydrogen) atoms. The molecule has 2 heterocycles. The van der Waals surface area contributed by atoms with Gasteiger partial charge >= 0.3 is 0 Å². The Balaban J connectivity index is 1.14. The molecule has 2 nitrogen and oxygen atoms in total. The lowest BCUT2D eigenvalue weighted by atomic mass is 9.59. The van der Waals surface area contributed by atoms with Gasteiger partial charge in [0.15, 0.2) is 0 Å². The minimum absolute atomic E-state index is 0.560. The normalized spacial score (nSPS) is 13.2. The molecule has 0 fully saturated rings. The largest absolute Gasteiger partial charge is 0.310 e. The molecule has 290 valence electrons. The summed E-state index contributed by atoms with van der Waals surface area (Å²) in [6.07, 6.45) is 0. The van der Waals surface area contributed by atoms with Crippen molar-refractivity contribution >= 4 is 61.4 Å². The molecule has 1 aliphatic carbocycles. The summed E-state index contributed by atoms with van der Waals surface area (Å²) >= 11 is 1.89. The fourth-order valence-electron chi connectivity index (χ4n) is 10.7. The fourth-order valence-corrected chi connectivity index (χ4v) is 11.9. The van der Waals surface area contributed by atoms with Crippen LogP contribution in [0.25, 0.3) is 60.5 Å². The smallest absolute Gasteiger partial charge is 0.0736 e. The Hall–Kier alpha value is -7.59. The highest BCUT2D eigenvalue weighted by atomic mass is 32.2. The fraction of sp³-hybridized carbons (Fsp3) is 0.0169. The molecule has 0 saturated carbocycles. The number of nitrogens with zero attached hydrogens (tertiary/aromatic N) is 2. The molecule has 0 amide bonds. The van der Waals surface area contributed by atoms with Gasteiger partial charge in [-0.05, 0) is 116 Å². The summed E-state index contributed by atoms with van der Waals surface area (Å²) in [5.74, 6) is 0. The van der Waals surface area contributed by atoms with E-state index in [2.05, 4.69) is 240 Å². The predicted molar refractivity (Wildman–Crippen MR) is 260 cm³/mol. The first-order valence-corrected chi connectivity index (χ1v) is 22.2. The Kier molecular flexibility index (Phi) is 7.79. The minimum atomic E-state index is -0.560. The van der Waals surface area contributed by atoms with E-state index in [0.29, 0.717) is 0 Å². The van der Waals surface area contributed by atoms with Crippen LogP contribution in [0.15, 0.2) is 240 Å². The minimum Gasteiger partial charge on any atom is -0.310 e. The van der Waals surface area contributed by atoms with Gasteiger partial charge in [0, 0.05) is 43.2 Å². The number of hydrogen-bond acceptors (Lipinski definition) is 2. The number of hydrogen-bond donors (Lipinski definition) is 0. The molecule has 0 radical (unpaired) electrons. The third kappa shape index (κ3) is 5.00. The van der Waals surface area contributed by atoms with E-state index in [4.69, 9.17) is 0 Å². The second-order valence-electron chi connectivity index (χ2n) is 16.4. The second-order valence-corrected chi connectivity index (χ2v) is 17.5.